The molecule has 0 amide bonds. The molecule has 1 radical (unpaired) electrons. The van der Waals surface area contributed by atoms with E-state index < -0.39 is 0 Å². The van der Waals surface area contributed by atoms with E-state index in [1.54, 1.807) is 0 Å². The number of hydrogen-bond donors (Lipinski definition) is 0. The Morgan fingerprint density at radius 2 is 2.00 bits per heavy atom. The molecule has 6 heavy (non-hydrogen) atoms. The normalized spacial score (nSPS) is 39.5. The Labute approximate surface area is 39.6 Å². The summed E-state index contributed by atoms with van der Waals surface area (Å²) in [4.78, 5) is 0. The van der Waals surface area contributed by atoms with Gasteiger partial charge in [-0.2, -0.15) is 0 Å². The maximum Gasteiger partial charge on any atom is -0.0297 e. The van der Waals surface area contributed by atoms with Crippen molar-refractivity contribution in [1.82, 2.24) is 0 Å². The molecule has 2 atom stereocenters. The van der Waals surface area contributed by atoms with E-state index in [4.69, 9.17) is 0 Å². The predicted octanol–water partition coefficient (Wildman–Crippen LogP) is 1.87. The lowest BCUT2D eigenvalue weighted by molar-refractivity contribution is 0.659. The molecule has 0 saturated heterocycles. The summed E-state index contributed by atoms with van der Waals surface area (Å²) in [5, 5.41) is 0. The maximum atomic E-state index is 3.96. The highest BCUT2D eigenvalue weighted by Crippen LogP contribution is 2.50. The molecule has 0 aromatic heterocycles. The van der Waals surface area contributed by atoms with E-state index in [2.05, 4.69) is 20.8 Å². The van der Waals surface area contributed by atoms with Crippen LogP contribution in [0.15, 0.2) is 0 Å². The van der Waals surface area contributed by atoms with Crippen molar-refractivity contribution in [3.05, 3.63) is 6.92 Å². The quantitative estimate of drug-likeness (QED) is 0.419. The van der Waals surface area contributed by atoms with Crippen molar-refractivity contribution in [2.45, 2.75) is 20.3 Å². The molecule has 0 heteroatoms. The topological polar surface area (TPSA) is 0 Å². The molecule has 2 unspecified atom stereocenters. The van der Waals surface area contributed by atoms with Gasteiger partial charge in [0.15, 0.2) is 0 Å². The highest BCUT2D eigenvalue weighted by molar-refractivity contribution is 4.97. The summed E-state index contributed by atoms with van der Waals surface area (Å²) in [6.45, 7) is 8.41. The molecule has 1 saturated carbocycles. The molecule has 35 valence electrons. The summed E-state index contributed by atoms with van der Waals surface area (Å²) in [6, 6.07) is 0. The number of rotatable bonds is 0. The summed E-state index contributed by atoms with van der Waals surface area (Å²) in [7, 11) is 0. The largest absolute Gasteiger partial charge is 0.0620 e. The molecule has 0 aliphatic heterocycles. The van der Waals surface area contributed by atoms with Crippen LogP contribution in [0.1, 0.15) is 20.3 Å². The van der Waals surface area contributed by atoms with Crippen LogP contribution in [0, 0.1) is 18.3 Å². The Kier molecular flexibility index (Phi) is 0.556. The SMILES string of the molecule is [CH2]C1(C)CC1C. The predicted molar refractivity (Wildman–Crippen MR) is 27.2 cm³/mol. The van der Waals surface area contributed by atoms with E-state index in [0.29, 0.717) is 5.41 Å². The van der Waals surface area contributed by atoms with Crippen LogP contribution in [-0.2, 0) is 0 Å². The monoisotopic (exact) mass is 83.1 g/mol. The molecule has 0 aromatic rings. The fraction of sp³-hybridized carbons (Fsp3) is 0.833. The molecule has 0 spiro atoms. The average Bonchev–Trinajstić information content (AvgIpc) is 1.73. The summed E-state index contributed by atoms with van der Waals surface area (Å²) in [5.74, 6) is 0.887. The van der Waals surface area contributed by atoms with Gasteiger partial charge in [-0.15, -0.1) is 0 Å². The third kappa shape index (κ3) is 0.444. The van der Waals surface area contributed by atoms with Gasteiger partial charge in [0.1, 0.15) is 0 Å². The lowest BCUT2D eigenvalue weighted by atomic mass is 10.1. The minimum Gasteiger partial charge on any atom is -0.0620 e. The summed E-state index contributed by atoms with van der Waals surface area (Å²) >= 11 is 0. The van der Waals surface area contributed by atoms with Gasteiger partial charge in [0.2, 0.25) is 0 Å². The van der Waals surface area contributed by atoms with Crippen LogP contribution in [0.2, 0.25) is 0 Å². The summed E-state index contributed by atoms with van der Waals surface area (Å²) < 4.78 is 0. The van der Waals surface area contributed by atoms with Crippen LogP contribution < -0.4 is 0 Å². The van der Waals surface area contributed by atoms with E-state index in [1.165, 1.54) is 6.42 Å². The van der Waals surface area contributed by atoms with Crippen molar-refractivity contribution in [2.24, 2.45) is 11.3 Å². The molecule has 0 heterocycles. The molecule has 1 rings (SSSR count). The Hall–Kier alpha value is 0. The Balaban J connectivity index is 2.41. The summed E-state index contributed by atoms with van der Waals surface area (Å²) in [6.07, 6.45) is 1.33. The van der Waals surface area contributed by atoms with Gasteiger partial charge in [0.25, 0.3) is 0 Å². The number of hydrogen-bond acceptors (Lipinski definition) is 0. The zero-order valence-corrected chi connectivity index (χ0v) is 4.49. The van der Waals surface area contributed by atoms with E-state index in [1.807, 2.05) is 0 Å². The van der Waals surface area contributed by atoms with Crippen LogP contribution in [0.25, 0.3) is 0 Å². The fourth-order valence-electron chi connectivity index (χ4n) is 0.641. The van der Waals surface area contributed by atoms with Gasteiger partial charge in [-0.1, -0.05) is 13.8 Å². The molecular formula is C6H11. The molecule has 1 fully saturated rings. The highest BCUT2D eigenvalue weighted by atomic mass is 14.5. The maximum absolute atomic E-state index is 3.96. The first-order valence-electron chi connectivity index (χ1n) is 2.48. The van der Waals surface area contributed by atoms with Gasteiger partial charge in [-0.05, 0) is 24.7 Å². The van der Waals surface area contributed by atoms with Crippen molar-refractivity contribution >= 4 is 0 Å². The van der Waals surface area contributed by atoms with Crippen molar-refractivity contribution in [2.75, 3.05) is 0 Å². The van der Waals surface area contributed by atoms with Crippen LogP contribution in [0.3, 0.4) is 0 Å². The second-order valence-electron chi connectivity index (χ2n) is 2.76. The van der Waals surface area contributed by atoms with Gasteiger partial charge in [0, 0.05) is 0 Å². The third-order valence-corrected chi connectivity index (χ3v) is 1.80. The second-order valence-corrected chi connectivity index (χ2v) is 2.76. The fourth-order valence-corrected chi connectivity index (χ4v) is 0.641. The first-order valence-corrected chi connectivity index (χ1v) is 2.48. The second kappa shape index (κ2) is 0.800. The smallest absolute Gasteiger partial charge is 0.0297 e. The molecule has 0 nitrogen and oxygen atoms in total. The lowest BCUT2D eigenvalue weighted by Gasteiger charge is -1.91. The molecule has 0 N–H and O–H groups in total. The highest BCUT2D eigenvalue weighted by Gasteiger charge is 2.41. The average molecular weight is 83.2 g/mol. The zero-order chi connectivity index (χ0) is 4.78. The van der Waals surface area contributed by atoms with Crippen molar-refractivity contribution in [3.63, 3.8) is 0 Å². The third-order valence-electron chi connectivity index (χ3n) is 1.80. The molecule has 0 bridgehead atoms. The van der Waals surface area contributed by atoms with Crippen LogP contribution >= 0.6 is 0 Å². The minimum absolute atomic E-state index is 0.458. The van der Waals surface area contributed by atoms with Crippen molar-refractivity contribution in [1.29, 1.82) is 0 Å². The van der Waals surface area contributed by atoms with Crippen LogP contribution in [0.4, 0.5) is 0 Å². The van der Waals surface area contributed by atoms with Gasteiger partial charge in [-0.3, -0.25) is 0 Å². The van der Waals surface area contributed by atoms with Gasteiger partial charge < -0.3 is 0 Å². The van der Waals surface area contributed by atoms with Gasteiger partial charge in [-0.25, -0.2) is 0 Å². The molecule has 1 aliphatic rings. The van der Waals surface area contributed by atoms with E-state index in [0.717, 1.165) is 5.92 Å². The van der Waals surface area contributed by atoms with E-state index in [9.17, 15) is 0 Å². The molecule has 0 aromatic carbocycles. The van der Waals surface area contributed by atoms with Gasteiger partial charge >= 0.3 is 0 Å². The Bertz CT molecular complexity index is 62.4. The first-order chi connectivity index (χ1) is 2.63. The van der Waals surface area contributed by atoms with Crippen molar-refractivity contribution < 1.29 is 0 Å². The zero-order valence-electron chi connectivity index (χ0n) is 4.49. The van der Waals surface area contributed by atoms with Crippen LogP contribution in [-0.4, -0.2) is 0 Å². The first kappa shape index (κ1) is 4.17. The van der Waals surface area contributed by atoms with Gasteiger partial charge in [0.05, 0.1) is 0 Å². The van der Waals surface area contributed by atoms with Crippen LogP contribution in [0.5, 0.6) is 0 Å². The summed E-state index contributed by atoms with van der Waals surface area (Å²) in [5.41, 5.74) is 0.458. The standard InChI is InChI=1S/C6H11/c1-5-4-6(5,2)3/h5H,2,4H2,1,3H3. The lowest BCUT2D eigenvalue weighted by Crippen LogP contribution is -1.83. The molecule has 1 aliphatic carbocycles. The Morgan fingerprint density at radius 3 is 2.00 bits per heavy atom. The van der Waals surface area contributed by atoms with Crippen molar-refractivity contribution in [3.8, 4) is 0 Å². The van der Waals surface area contributed by atoms with E-state index >= 15 is 0 Å². The van der Waals surface area contributed by atoms with E-state index in [-0.39, 0.29) is 0 Å². The minimum atomic E-state index is 0.458. The molecular weight excluding hydrogens is 72.1 g/mol. The Morgan fingerprint density at radius 1 is 1.83 bits per heavy atom.